The Morgan fingerprint density at radius 2 is 1.73 bits per heavy atom. The van der Waals surface area contributed by atoms with E-state index in [1.54, 1.807) is 6.92 Å². The fourth-order valence-electron chi connectivity index (χ4n) is 3.23. The fraction of sp³-hybridized carbons (Fsp3) is 0.706. The highest BCUT2D eigenvalue weighted by atomic mass is 16.5. The summed E-state index contributed by atoms with van der Waals surface area (Å²) in [5.41, 5.74) is 0. The molecular weight excluding hydrogens is 342 g/mol. The van der Waals surface area contributed by atoms with Gasteiger partial charge in [0.05, 0.1) is 11.8 Å². The summed E-state index contributed by atoms with van der Waals surface area (Å²) in [7, 11) is 0. The lowest BCUT2D eigenvalue weighted by molar-refractivity contribution is -0.154. The van der Waals surface area contributed by atoms with Crippen LogP contribution in [0.4, 0.5) is 4.79 Å². The van der Waals surface area contributed by atoms with Gasteiger partial charge in [-0.2, -0.15) is 0 Å². The molecule has 5 amide bonds. The van der Waals surface area contributed by atoms with Gasteiger partial charge in [0.15, 0.2) is 6.61 Å². The van der Waals surface area contributed by atoms with Crippen LogP contribution in [0.5, 0.6) is 0 Å². The monoisotopic (exact) mass is 367 g/mol. The van der Waals surface area contributed by atoms with Crippen LogP contribution in [0.2, 0.25) is 0 Å². The zero-order valence-corrected chi connectivity index (χ0v) is 15.1. The number of hydrogen-bond donors (Lipinski definition) is 2. The van der Waals surface area contributed by atoms with Crippen molar-refractivity contribution in [1.82, 2.24) is 15.5 Å². The topological polar surface area (TPSA) is 122 Å². The molecule has 144 valence electrons. The van der Waals surface area contributed by atoms with E-state index in [0.29, 0.717) is 19.3 Å². The minimum Gasteiger partial charge on any atom is -0.454 e. The van der Waals surface area contributed by atoms with Gasteiger partial charge in [0.1, 0.15) is 6.54 Å². The van der Waals surface area contributed by atoms with E-state index in [1.165, 1.54) is 0 Å². The van der Waals surface area contributed by atoms with Crippen molar-refractivity contribution in [3.63, 3.8) is 0 Å². The first-order chi connectivity index (χ1) is 12.3. The van der Waals surface area contributed by atoms with Crippen molar-refractivity contribution in [2.45, 2.75) is 52.0 Å². The number of likely N-dealkylation sites (tertiary alicyclic amines) is 1. The Morgan fingerprint density at radius 3 is 2.27 bits per heavy atom. The number of urea groups is 1. The van der Waals surface area contributed by atoms with Crippen molar-refractivity contribution in [3.8, 4) is 0 Å². The van der Waals surface area contributed by atoms with Gasteiger partial charge in [-0.25, -0.2) is 4.79 Å². The Morgan fingerprint density at radius 1 is 1.15 bits per heavy atom. The molecule has 3 atom stereocenters. The molecule has 0 spiro atoms. The SMILES string of the molecule is CC[C@H](C)NC(=O)NC(=O)COC(=O)CN1C(=O)[C@H]2CCCC[C@@H]2C1=O. The van der Waals surface area contributed by atoms with Gasteiger partial charge in [-0.1, -0.05) is 19.8 Å². The number of hydrogen-bond acceptors (Lipinski definition) is 6. The average molecular weight is 367 g/mol. The lowest BCUT2D eigenvalue weighted by Crippen LogP contribution is -2.45. The second kappa shape index (κ2) is 8.77. The molecule has 2 N–H and O–H groups in total. The Bertz CT molecular complexity index is 581. The van der Waals surface area contributed by atoms with E-state index >= 15 is 0 Å². The van der Waals surface area contributed by atoms with Crippen LogP contribution in [0.3, 0.4) is 0 Å². The number of carbonyl (C=O) groups is 5. The molecular formula is C17H25N3O6. The molecule has 0 aromatic rings. The third-order valence-corrected chi connectivity index (χ3v) is 4.83. The molecule has 9 heteroatoms. The molecule has 1 aliphatic carbocycles. The molecule has 9 nitrogen and oxygen atoms in total. The van der Waals surface area contributed by atoms with Gasteiger partial charge in [0.2, 0.25) is 11.8 Å². The number of rotatable bonds is 6. The maximum absolute atomic E-state index is 12.3. The number of esters is 1. The number of imide groups is 2. The Kier molecular flexibility index (Phi) is 6.70. The number of amides is 5. The standard InChI is InChI=1S/C17H25N3O6/c1-3-10(2)18-17(25)19-13(21)9-26-14(22)8-20-15(23)11-6-4-5-7-12(11)16(20)24/h10-12H,3-9H2,1-2H3,(H2,18,19,21,25)/t10-,11-,12-/m0/s1. The molecule has 0 bridgehead atoms. The maximum atomic E-state index is 12.3. The minimum atomic E-state index is -0.858. The number of carbonyl (C=O) groups excluding carboxylic acids is 5. The quantitative estimate of drug-likeness (QED) is 0.515. The lowest BCUT2D eigenvalue weighted by atomic mass is 9.81. The van der Waals surface area contributed by atoms with Crippen LogP contribution in [0.1, 0.15) is 46.0 Å². The highest BCUT2D eigenvalue weighted by Gasteiger charge is 2.48. The number of ether oxygens (including phenoxy) is 1. The van der Waals surface area contributed by atoms with Gasteiger partial charge in [0, 0.05) is 6.04 Å². The van der Waals surface area contributed by atoms with Crippen molar-refractivity contribution in [1.29, 1.82) is 0 Å². The Labute approximate surface area is 151 Å². The molecule has 0 aromatic carbocycles. The average Bonchev–Trinajstić information content (AvgIpc) is 2.85. The van der Waals surface area contributed by atoms with E-state index in [1.807, 2.05) is 12.2 Å². The second-order valence-electron chi connectivity index (χ2n) is 6.75. The summed E-state index contributed by atoms with van der Waals surface area (Å²) in [6, 6.07) is -0.768. The Hall–Kier alpha value is -2.45. The molecule has 2 rings (SSSR count). The van der Waals surface area contributed by atoms with E-state index in [2.05, 4.69) is 5.32 Å². The first kappa shape index (κ1) is 19.9. The largest absolute Gasteiger partial charge is 0.454 e. The minimum absolute atomic E-state index is 0.0962. The molecule has 1 aliphatic heterocycles. The van der Waals surface area contributed by atoms with Gasteiger partial charge in [0.25, 0.3) is 5.91 Å². The van der Waals surface area contributed by atoms with E-state index < -0.39 is 31.1 Å². The van der Waals surface area contributed by atoms with Crippen molar-refractivity contribution in [3.05, 3.63) is 0 Å². The molecule has 1 saturated heterocycles. The Balaban J connectivity index is 1.76. The smallest absolute Gasteiger partial charge is 0.326 e. The van der Waals surface area contributed by atoms with E-state index in [0.717, 1.165) is 17.7 Å². The zero-order chi connectivity index (χ0) is 19.3. The van der Waals surface area contributed by atoms with Crippen LogP contribution in [0.25, 0.3) is 0 Å². The summed E-state index contributed by atoms with van der Waals surface area (Å²) in [6.45, 7) is 2.50. The van der Waals surface area contributed by atoms with Crippen LogP contribution >= 0.6 is 0 Å². The van der Waals surface area contributed by atoms with Crippen molar-refractivity contribution in [2.24, 2.45) is 11.8 Å². The third kappa shape index (κ3) is 4.80. The van der Waals surface area contributed by atoms with E-state index in [4.69, 9.17) is 4.74 Å². The summed E-state index contributed by atoms with van der Waals surface area (Å²) in [6.07, 6.45) is 3.83. The van der Waals surface area contributed by atoms with E-state index in [-0.39, 0.29) is 29.7 Å². The third-order valence-electron chi connectivity index (χ3n) is 4.83. The van der Waals surface area contributed by atoms with Gasteiger partial charge in [-0.3, -0.25) is 29.4 Å². The normalized spacial score (nSPS) is 23.2. The molecule has 26 heavy (non-hydrogen) atoms. The summed E-state index contributed by atoms with van der Waals surface area (Å²) in [5.74, 6) is -2.99. The molecule has 2 fully saturated rings. The van der Waals surface area contributed by atoms with Gasteiger partial charge >= 0.3 is 12.0 Å². The predicted octanol–water partition coefficient (Wildman–Crippen LogP) is 0.329. The van der Waals surface area contributed by atoms with Crippen LogP contribution < -0.4 is 10.6 Å². The number of nitrogens with one attached hydrogen (secondary N) is 2. The van der Waals surface area contributed by atoms with Gasteiger partial charge in [-0.15, -0.1) is 0 Å². The first-order valence-electron chi connectivity index (χ1n) is 8.94. The summed E-state index contributed by atoms with van der Waals surface area (Å²) in [4.78, 5) is 60.4. The molecule has 1 saturated carbocycles. The van der Waals surface area contributed by atoms with Gasteiger partial charge < -0.3 is 10.1 Å². The molecule has 0 radical (unpaired) electrons. The molecule has 0 aromatic heterocycles. The molecule has 0 unspecified atom stereocenters. The summed E-state index contributed by atoms with van der Waals surface area (Å²) >= 11 is 0. The predicted molar refractivity (Wildman–Crippen MR) is 89.6 cm³/mol. The highest BCUT2D eigenvalue weighted by molar-refractivity contribution is 6.07. The van der Waals surface area contributed by atoms with Crippen molar-refractivity contribution < 1.29 is 28.7 Å². The maximum Gasteiger partial charge on any atom is 0.326 e. The number of nitrogens with zero attached hydrogens (tertiary/aromatic N) is 1. The van der Waals surface area contributed by atoms with Crippen LogP contribution in [-0.2, 0) is 23.9 Å². The number of fused-ring (bicyclic) bond motifs is 1. The lowest BCUT2D eigenvalue weighted by Gasteiger charge is -2.19. The molecule has 1 heterocycles. The van der Waals surface area contributed by atoms with Crippen LogP contribution in [0, 0.1) is 11.8 Å². The van der Waals surface area contributed by atoms with Crippen molar-refractivity contribution >= 4 is 29.7 Å². The van der Waals surface area contributed by atoms with Crippen LogP contribution in [0.15, 0.2) is 0 Å². The van der Waals surface area contributed by atoms with Crippen molar-refractivity contribution in [2.75, 3.05) is 13.2 Å². The van der Waals surface area contributed by atoms with E-state index in [9.17, 15) is 24.0 Å². The van der Waals surface area contributed by atoms with Gasteiger partial charge in [-0.05, 0) is 26.2 Å². The fourth-order valence-corrected chi connectivity index (χ4v) is 3.23. The molecule has 2 aliphatic rings. The summed E-state index contributed by atoms with van der Waals surface area (Å²) < 4.78 is 4.77. The first-order valence-corrected chi connectivity index (χ1v) is 8.94. The highest BCUT2D eigenvalue weighted by Crippen LogP contribution is 2.37. The summed E-state index contributed by atoms with van der Waals surface area (Å²) in [5, 5.41) is 4.58. The zero-order valence-electron chi connectivity index (χ0n) is 15.1. The van der Waals surface area contributed by atoms with Crippen LogP contribution in [-0.4, -0.2) is 53.8 Å². The second-order valence-corrected chi connectivity index (χ2v) is 6.75.